The Kier molecular flexibility index (Phi) is 3.62. The summed E-state index contributed by atoms with van der Waals surface area (Å²) in [5, 5.41) is 11.0. The Morgan fingerprint density at radius 3 is 2.18 bits per heavy atom. The van der Waals surface area contributed by atoms with E-state index >= 15 is 0 Å². The number of benzene rings is 3. The fourth-order valence-corrected chi connectivity index (χ4v) is 2.45. The van der Waals surface area contributed by atoms with Crippen molar-refractivity contribution >= 4 is 10.8 Å². The molecule has 0 aromatic heterocycles. The molecule has 0 saturated carbocycles. The number of rotatable bonds is 2. The van der Waals surface area contributed by atoms with Crippen LogP contribution in [0.4, 0.5) is 13.2 Å². The molecule has 3 aromatic carbocycles. The molecule has 0 aliphatic rings. The van der Waals surface area contributed by atoms with Crippen molar-refractivity contribution in [2.45, 2.75) is 12.8 Å². The van der Waals surface area contributed by atoms with Crippen LogP contribution in [0.25, 0.3) is 21.9 Å². The number of fused-ring (bicyclic) bond motifs is 1. The molecular weight excluding hydrogens is 289 g/mol. The average molecular weight is 302 g/mol. The highest BCUT2D eigenvalue weighted by atomic mass is 19.4. The van der Waals surface area contributed by atoms with E-state index in [1.54, 1.807) is 18.2 Å². The summed E-state index contributed by atoms with van der Waals surface area (Å²) in [6.07, 6.45) is -4.34. The van der Waals surface area contributed by atoms with Crippen molar-refractivity contribution in [2.24, 2.45) is 0 Å². The van der Waals surface area contributed by atoms with Crippen LogP contribution in [0.3, 0.4) is 0 Å². The van der Waals surface area contributed by atoms with Gasteiger partial charge in [-0.3, -0.25) is 0 Å². The van der Waals surface area contributed by atoms with Crippen LogP contribution in [0.5, 0.6) is 0 Å². The van der Waals surface area contributed by atoms with Crippen molar-refractivity contribution in [3.63, 3.8) is 0 Å². The number of aliphatic hydroxyl groups excluding tert-OH is 1. The molecule has 112 valence electrons. The molecule has 0 aliphatic heterocycles. The van der Waals surface area contributed by atoms with Gasteiger partial charge in [0.1, 0.15) is 0 Å². The first-order valence-electron chi connectivity index (χ1n) is 6.78. The summed E-state index contributed by atoms with van der Waals surface area (Å²) in [5.74, 6) is 0. The predicted molar refractivity (Wildman–Crippen MR) is 80.3 cm³/mol. The van der Waals surface area contributed by atoms with E-state index < -0.39 is 11.7 Å². The molecule has 1 N–H and O–H groups in total. The van der Waals surface area contributed by atoms with Crippen LogP contribution < -0.4 is 0 Å². The average Bonchev–Trinajstić information content (AvgIpc) is 2.53. The van der Waals surface area contributed by atoms with Crippen LogP contribution >= 0.6 is 0 Å². The third-order valence-corrected chi connectivity index (χ3v) is 3.61. The van der Waals surface area contributed by atoms with E-state index in [2.05, 4.69) is 0 Å². The van der Waals surface area contributed by atoms with E-state index in [0.717, 1.165) is 34.0 Å². The van der Waals surface area contributed by atoms with E-state index in [-0.39, 0.29) is 6.61 Å². The number of aliphatic hydroxyl groups is 1. The van der Waals surface area contributed by atoms with Crippen molar-refractivity contribution in [1.29, 1.82) is 0 Å². The first kappa shape index (κ1) is 14.6. The van der Waals surface area contributed by atoms with Crippen LogP contribution in [0.1, 0.15) is 11.1 Å². The Labute approximate surface area is 125 Å². The normalized spacial score (nSPS) is 11.8. The molecular formula is C18H13F3O. The minimum absolute atomic E-state index is 0.0364. The molecule has 0 saturated heterocycles. The van der Waals surface area contributed by atoms with Gasteiger partial charge in [-0.05, 0) is 51.7 Å². The largest absolute Gasteiger partial charge is 0.416 e. The molecule has 0 heterocycles. The monoisotopic (exact) mass is 302 g/mol. The van der Waals surface area contributed by atoms with Crippen LogP contribution in [0.2, 0.25) is 0 Å². The van der Waals surface area contributed by atoms with Gasteiger partial charge >= 0.3 is 6.18 Å². The van der Waals surface area contributed by atoms with Crippen molar-refractivity contribution in [2.75, 3.05) is 0 Å². The maximum absolute atomic E-state index is 12.8. The highest BCUT2D eigenvalue weighted by Gasteiger charge is 2.30. The van der Waals surface area contributed by atoms with Gasteiger partial charge in [-0.2, -0.15) is 13.2 Å². The SMILES string of the molecule is OCc1ccc2cc(-c3cccc(C(F)(F)F)c3)ccc2c1. The third-order valence-electron chi connectivity index (χ3n) is 3.61. The summed E-state index contributed by atoms with van der Waals surface area (Å²) in [6, 6.07) is 16.3. The lowest BCUT2D eigenvalue weighted by Gasteiger charge is -2.10. The molecule has 0 fully saturated rings. The van der Waals surface area contributed by atoms with Crippen LogP contribution in [-0.4, -0.2) is 5.11 Å². The molecule has 3 aromatic rings. The number of halogens is 3. The molecule has 3 rings (SSSR count). The molecule has 0 spiro atoms. The Morgan fingerprint density at radius 1 is 0.773 bits per heavy atom. The van der Waals surface area contributed by atoms with Gasteiger partial charge in [0.25, 0.3) is 0 Å². The zero-order chi connectivity index (χ0) is 15.7. The van der Waals surface area contributed by atoms with Gasteiger partial charge in [-0.15, -0.1) is 0 Å². The second-order valence-electron chi connectivity index (χ2n) is 5.13. The molecule has 0 unspecified atom stereocenters. The van der Waals surface area contributed by atoms with Gasteiger partial charge in [0.05, 0.1) is 12.2 Å². The molecule has 0 radical (unpaired) electrons. The van der Waals surface area contributed by atoms with Gasteiger partial charge in [-0.1, -0.05) is 36.4 Å². The molecule has 22 heavy (non-hydrogen) atoms. The van der Waals surface area contributed by atoms with E-state index in [4.69, 9.17) is 5.11 Å². The highest BCUT2D eigenvalue weighted by molar-refractivity contribution is 5.87. The van der Waals surface area contributed by atoms with E-state index in [1.165, 1.54) is 6.07 Å². The van der Waals surface area contributed by atoms with Crippen molar-refractivity contribution < 1.29 is 18.3 Å². The second-order valence-corrected chi connectivity index (χ2v) is 5.13. The van der Waals surface area contributed by atoms with Gasteiger partial charge in [0, 0.05) is 0 Å². The Bertz CT molecular complexity index is 822. The Morgan fingerprint density at radius 2 is 1.45 bits per heavy atom. The molecule has 0 aliphatic carbocycles. The van der Waals surface area contributed by atoms with Crippen molar-refractivity contribution in [3.05, 3.63) is 71.8 Å². The molecule has 0 amide bonds. The summed E-state index contributed by atoms with van der Waals surface area (Å²) in [7, 11) is 0. The van der Waals surface area contributed by atoms with Crippen LogP contribution in [0, 0.1) is 0 Å². The van der Waals surface area contributed by atoms with Gasteiger partial charge in [0.15, 0.2) is 0 Å². The zero-order valence-electron chi connectivity index (χ0n) is 11.6. The molecule has 0 atom stereocenters. The number of hydrogen-bond acceptors (Lipinski definition) is 1. The summed E-state index contributed by atoms with van der Waals surface area (Å²) in [6.45, 7) is -0.0364. The first-order valence-corrected chi connectivity index (χ1v) is 6.78. The van der Waals surface area contributed by atoms with Gasteiger partial charge in [0.2, 0.25) is 0 Å². The molecule has 0 bridgehead atoms. The maximum atomic E-state index is 12.8. The quantitative estimate of drug-likeness (QED) is 0.705. The minimum atomic E-state index is -4.34. The third kappa shape index (κ3) is 2.83. The molecule has 1 nitrogen and oxygen atoms in total. The highest BCUT2D eigenvalue weighted by Crippen LogP contribution is 2.33. The summed E-state index contributed by atoms with van der Waals surface area (Å²) < 4.78 is 38.4. The first-order chi connectivity index (χ1) is 10.5. The Hall–Kier alpha value is -2.33. The second kappa shape index (κ2) is 5.46. The van der Waals surface area contributed by atoms with E-state index in [9.17, 15) is 13.2 Å². The summed E-state index contributed by atoms with van der Waals surface area (Å²) >= 11 is 0. The van der Waals surface area contributed by atoms with Crippen molar-refractivity contribution in [3.8, 4) is 11.1 Å². The van der Waals surface area contributed by atoms with E-state index in [1.807, 2.05) is 24.3 Å². The lowest BCUT2D eigenvalue weighted by molar-refractivity contribution is -0.137. The fraction of sp³-hybridized carbons (Fsp3) is 0.111. The smallest absolute Gasteiger partial charge is 0.392 e. The van der Waals surface area contributed by atoms with Gasteiger partial charge in [-0.25, -0.2) is 0 Å². The summed E-state index contributed by atoms with van der Waals surface area (Å²) in [4.78, 5) is 0. The fourth-order valence-electron chi connectivity index (χ4n) is 2.45. The lowest BCUT2D eigenvalue weighted by Crippen LogP contribution is -2.04. The van der Waals surface area contributed by atoms with Crippen LogP contribution in [-0.2, 0) is 12.8 Å². The van der Waals surface area contributed by atoms with Crippen LogP contribution in [0.15, 0.2) is 60.7 Å². The maximum Gasteiger partial charge on any atom is 0.416 e. The Balaban J connectivity index is 2.07. The van der Waals surface area contributed by atoms with Crippen molar-refractivity contribution in [1.82, 2.24) is 0 Å². The summed E-state index contributed by atoms with van der Waals surface area (Å²) in [5.41, 5.74) is 1.42. The minimum Gasteiger partial charge on any atom is -0.392 e. The number of hydrogen-bond donors (Lipinski definition) is 1. The lowest BCUT2D eigenvalue weighted by atomic mass is 9.99. The molecule has 4 heteroatoms. The zero-order valence-corrected chi connectivity index (χ0v) is 11.6. The number of alkyl halides is 3. The predicted octanol–water partition coefficient (Wildman–Crippen LogP) is 5.02. The standard InChI is InChI=1S/C18H13F3O/c19-18(20,21)17-3-1-2-13(10-17)16-7-6-14-8-12(11-22)4-5-15(14)9-16/h1-10,22H,11H2. The topological polar surface area (TPSA) is 20.2 Å². The van der Waals surface area contributed by atoms with E-state index in [0.29, 0.717) is 5.56 Å². The van der Waals surface area contributed by atoms with Gasteiger partial charge < -0.3 is 5.11 Å².